The summed E-state index contributed by atoms with van der Waals surface area (Å²) < 4.78 is 0. The van der Waals surface area contributed by atoms with Gasteiger partial charge in [0.05, 0.1) is 5.60 Å². The summed E-state index contributed by atoms with van der Waals surface area (Å²) in [5.41, 5.74) is -1.87. The second-order valence-electron chi connectivity index (χ2n) is 5.53. The third kappa shape index (κ3) is 2.29. The van der Waals surface area contributed by atoms with Crippen LogP contribution in [0.5, 0.6) is 0 Å². The lowest BCUT2D eigenvalue weighted by Gasteiger charge is -2.25. The highest BCUT2D eigenvalue weighted by atomic mass is 16.4. The first-order valence-corrected chi connectivity index (χ1v) is 6.13. The molecular weight excluding hydrogens is 222 g/mol. The zero-order valence-electron chi connectivity index (χ0n) is 10.1. The predicted molar refractivity (Wildman–Crippen MR) is 60.4 cm³/mol. The van der Waals surface area contributed by atoms with Gasteiger partial charge >= 0.3 is 5.97 Å². The first-order valence-electron chi connectivity index (χ1n) is 6.13. The maximum Gasteiger partial charge on any atom is 0.319 e. The van der Waals surface area contributed by atoms with E-state index < -0.39 is 17.0 Å². The van der Waals surface area contributed by atoms with E-state index in [9.17, 15) is 14.7 Å². The first kappa shape index (κ1) is 12.4. The summed E-state index contributed by atoms with van der Waals surface area (Å²) in [6.07, 6.45) is 2.82. The highest BCUT2D eigenvalue weighted by Gasteiger charge is 2.58. The normalized spacial score (nSPS) is 31.8. The van der Waals surface area contributed by atoms with Crippen molar-refractivity contribution >= 4 is 11.9 Å². The summed E-state index contributed by atoms with van der Waals surface area (Å²) in [5.74, 6) is -1.26. The molecule has 2 N–H and O–H groups in total. The van der Waals surface area contributed by atoms with E-state index in [0.29, 0.717) is 38.8 Å². The molecule has 1 saturated heterocycles. The second kappa shape index (κ2) is 3.98. The Morgan fingerprint density at radius 2 is 1.76 bits per heavy atom. The lowest BCUT2D eigenvalue weighted by Crippen LogP contribution is -2.41. The Kier molecular flexibility index (Phi) is 2.89. The van der Waals surface area contributed by atoms with E-state index in [-0.39, 0.29) is 5.91 Å². The van der Waals surface area contributed by atoms with Crippen LogP contribution in [0.4, 0.5) is 0 Å². The van der Waals surface area contributed by atoms with Crippen molar-refractivity contribution in [2.45, 2.75) is 44.6 Å². The van der Waals surface area contributed by atoms with Crippen molar-refractivity contribution in [3.63, 3.8) is 0 Å². The van der Waals surface area contributed by atoms with Crippen LogP contribution in [0.3, 0.4) is 0 Å². The highest BCUT2D eigenvalue weighted by Crippen LogP contribution is 2.47. The summed E-state index contributed by atoms with van der Waals surface area (Å²) in [4.78, 5) is 24.8. The summed E-state index contributed by atoms with van der Waals surface area (Å²) in [6, 6.07) is 0. The van der Waals surface area contributed by atoms with Crippen LogP contribution < -0.4 is 0 Å². The molecule has 0 aromatic carbocycles. The molecule has 1 heterocycles. The van der Waals surface area contributed by atoms with Crippen LogP contribution in [0.25, 0.3) is 0 Å². The van der Waals surface area contributed by atoms with Crippen molar-refractivity contribution in [2.75, 3.05) is 13.1 Å². The maximum absolute atomic E-state index is 12.2. The number of rotatable bonds is 2. The fraction of sp³-hybridized carbons (Fsp3) is 0.833. The van der Waals surface area contributed by atoms with Gasteiger partial charge in [-0.25, -0.2) is 0 Å². The minimum Gasteiger partial charge on any atom is -0.480 e. The number of carbonyl (C=O) groups is 2. The van der Waals surface area contributed by atoms with E-state index in [1.54, 1.807) is 11.8 Å². The van der Waals surface area contributed by atoms with E-state index in [4.69, 9.17) is 5.11 Å². The molecule has 0 aromatic heterocycles. The molecule has 0 spiro atoms. The first-order chi connectivity index (χ1) is 7.87. The molecule has 0 bridgehead atoms. The highest BCUT2D eigenvalue weighted by molar-refractivity contribution is 6.04. The fourth-order valence-electron chi connectivity index (χ4n) is 2.41. The smallest absolute Gasteiger partial charge is 0.319 e. The molecule has 0 aromatic rings. The number of amides is 1. The van der Waals surface area contributed by atoms with Gasteiger partial charge in [-0.1, -0.05) is 0 Å². The van der Waals surface area contributed by atoms with Crippen LogP contribution in [0.15, 0.2) is 0 Å². The van der Waals surface area contributed by atoms with Crippen molar-refractivity contribution in [1.29, 1.82) is 0 Å². The molecule has 5 heteroatoms. The van der Waals surface area contributed by atoms with E-state index in [1.807, 2.05) is 0 Å². The molecule has 0 radical (unpaired) electrons. The van der Waals surface area contributed by atoms with Crippen LogP contribution >= 0.6 is 0 Å². The van der Waals surface area contributed by atoms with Crippen molar-refractivity contribution in [3.05, 3.63) is 0 Å². The Balaban J connectivity index is 2.04. The van der Waals surface area contributed by atoms with Gasteiger partial charge in [-0.3, -0.25) is 9.59 Å². The number of aliphatic hydroxyl groups is 1. The molecule has 17 heavy (non-hydrogen) atoms. The molecule has 96 valence electrons. The van der Waals surface area contributed by atoms with Gasteiger partial charge in [-0.2, -0.15) is 0 Å². The Labute approximate surface area is 100 Å². The molecular formula is C12H19NO4. The van der Waals surface area contributed by atoms with E-state index in [2.05, 4.69) is 0 Å². The summed E-state index contributed by atoms with van der Waals surface area (Å²) in [6.45, 7) is 2.79. The zero-order valence-corrected chi connectivity index (χ0v) is 10.1. The average molecular weight is 241 g/mol. The second-order valence-corrected chi connectivity index (χ2v) is 5.53. The quantitative estimate of drug-likeness (QED) is 0.694. The van der Waals surface area contributed by atoms with Gasteiger partial charge in [0.1, 0.15) is 5.41 Å². The number of likely N-dealkylation sites (tertiary alicyclic amines) is 1. The SMILES string of the molecule is CC1(O)CCCN(C(=O)C2(C(=O)O)CC2)CC1. The van der Waals surface area contributed by atoms with Gasteiger partial charge in [0.25, 0.3) is 0 Å². The molecule has 2 fully saturated rings. The third-order valence-electron chi connectivity index (χ3n) is 3.92. The molecule has 5 nitrogen and oxygen atoms in total. The molecule has 1 unspecified atom stereocenters. The van der Waals surface area contributed by atoms with Crippen LogP contribution in [0.1, 0.15) is 39.0 Å². The minimum atomic E-state index is -1.14. The monoisotopic (exact) mass is 241 g/mol. The lowest BCUT2D eigenvalue weighted by molar-refractivity contribution is -0.153. The predicted octanol–water partition coefficient (Wildman–Crippen LogP) is 0.615. The number of carbonyl (C=O) groups excluding carboxylic acids is 1. The Morgan fingerprint density at radius 3 is 2.29 bits per heavy atom. The number of aliphatic carboxylic acids is 1. The fourth-order valence-corrected chi connectivity index (χ4v) is 2.41. The summed E-state index contributed by atoms with van der Waals surface area (Å²) in [7, 11) is 0. The molecule has 1 aliphatic heterocycles. The number of hydrogen-bond acceptors (Lipinski definition) is 3. The van der Waals surface area contributed by atoms with Gasteiger partial charge in [-0.05, 0) is 39.0 Å². The van der Waals surface area contributed by atoms with Crippen molar-refractivity contribution in [3.8, 4) is 0 Å². The third-order valence-corrected chi connectivity index (χ3v) is 3.92. The van der Waals surface area contributed by atoms with Crippen molar-refractivity contribution in [2.24, 2.45) is 5.41 Å². The Morgan fingerprint density at radius 1 is 1.12 bits per heavy atom. The molecule has 1 amide bonds. The van der Waals surface area contributed by atoms with E-state index in [0.717, 1.165) is 6.42 Å². The Hall–Kier alpha value is -1.10. The van der Waals surface area contributed by atoms with Gasteiger partial charge in [0.2, 0.25) is 5.91 Å². The maximum atomic E-state index is 12.2. The van der Waals surface area contributed by atoms with Gasteiger partial charge in [0, 0.05) is 13.1 Å². The molecule has 1 aliphatic carbocycles. The molecule has 1 saturated carbocycles. The molecule has 2 aliphatic rings. The van der Waals surface area contributed by atoms with Crippen LogP contribution in [-0.2, 0) is 9.59 Å². The molecule has 1 atom stereocenters. The Bertz CT molecular complexity index is 346. The van der Waals surface area contributed by atoms with Crippen LogP contribution in [-0.4, -0.2) is 45.7 Å². The standard InChI is InChI=1S/C12H19NO4/c1-11(17)3-2-7-13(8-6-11)9(14)12(4-5-12)10(15)16/h17H,2-8H2,1H3,(H,15,16). The summed E-state index contributed by atoms with van der Waals surface area (Å²) in [5, 5.41) is 19.0. The van der Waals surface area contributed by atoms with Gasteiger partial charge in [0.15, 0.2) is 0 Å². The number of carboxylic acids is 1. The topological polar surface area (TPSA) is 77.8 Å². The summed E-state index contributed by atoms with van der Waals surface area (Å²) >= 11 is 0. The van der Waals surface area contributed by atoms with Gasteiger partial charge < -0.3 is 15.1 Å². The number of hydrogen-bond donors (Lipinski definition) is 2. The average Bonchev–Trinajstić information content (AvgIpc) is 3.02. The van der Waals surface area contributed by atoms with Gasteiger partial charge in [-0.15, -0.1) is 0 Å². The number of nitrogens with zero attached hydrogens (tertiary/aromatic N) is 1. The minimum absolute atomic E-state index is 0.261. The lowest BCUT2D eigenvalue weighted by atomic mass is 9.98. The zero-order chi connectivity index (χ0) is 12.7. The number of carboxylic acid groups (broad SMARTS) is 1. The van der Waals surface area contributed by atoms with Crippen LogP contribution in [0, 0.1) is 5.41 Å². The van der Waals surface area contributed by atoms with Crippen molar-refractivity contribution in [1.82, 2.24) is 4.90 Å². The largest absolute Gasteiger partial charge is 0.480 e. The van der Waals surface area contributed by atoms with E-state index >= 15 is 0 Å². The van der Waals surface area contributed by atoms with Crippen LogP contribution in [0.2, 0.25) is 0 Å². The molecule has 2 rings (SSSR count). The van der Waals surface area contributed by atoms with E-state index in [1.165, 1.54) is 0 Å². The van der Waals surface area contributed by atoms with Crippen molar-refractivity contribution < 1.29 is 19.8 Å².